The van der Waals surface area contributed by atoms with Crippen molar-refractivity contribution in [2.45, 2.75) is 19.4 Å². The molecule has 2 N–H and O–H groups in total. The van der Waals surface area contributed by atoms with Crippen molar-refractivity contribution in [3.05, 3.63) is 46.3 Å². The van der Waals surface area contributed by atoms with Gasteiger partial charge in [-0.15, -0.1) is 5.10 Å². The highest BCUT2D eigenvalue weighted by molar-refractivity contribution is 7.17. The zero-order valence-corrected chi connectivity index (χ0v) is 14.7. The van der Waals surface area contributed by atoms with Crippen LogP contribution in [0.2, 0.25) is 0 Å². The molecule has 4 rings (SSSR count). The number of aromatic hydroxyl groups is 1. The van der Waals surface area contributed by atoms with Gasteiger partial charge >= 0.3 is 0 Å². The maximum atomic E-state index is 13.4. The Hall–Kier alpha value is -2.03. The number of fused-ring (bicyclic) bond motifs is 1. The molecule has 1 fully saturated rings. The summed E-state index contributed by atoms with van der Waals surface area (Å²) >= 11 is 1.44. The molecule has 1 atom stereocenters. The van der Waals surface area contributed by atoms with Gasteiger partial charge in [0.1, 0.15) is 23.8 Å². The lowest BCUT2D eigenvalue weighted by atomic mass is 10.0. The van der Waals surface area contributed by atoms with Crippen molar-refractivity contribution < 1.29 is 19.1 Å². The number of ether oxygens (including phenoxy) is 1. The van der Waals surface area contributed by atoms with Crippen LogP contribution in [0.25, 0.3) is 4.96 Å². The second-order valence-electron chi connectivity index (χ2n) is 6.12. The predicted molar refractivity (Wildman–Crippen MR) is 91.7 cm³/mol. The molecule has 8 heteroatoms. The van der Waals surface area contributed by atoms with Crippen LogP contribution in [0.1, 0.15) is 29.2 Å². The molecule has 25 heavy (non-hydrogen) atoms. The lowest BCUT2D eigenvalue weighted by Gasteiger charge is -2.31. The minimum atomic E-state index is -0.265. The zero-order chi connectivity index (χ0) is 17.4. The summed E-state index contributed by atoms with van der Waals surface area (Å²) in [5.74, 6) is 0.574. The molecule has 0 saturated carbocycles. The van der Waals surface area contributed by atoms with Crippen LogP contribution in [0, 0.1) is 5.82 Å². The molecule has 1 aliphatic rings. The SMILES string of the molecule is CCc1nc2sc([C@@H](c3ccc(F)cc3)[NH+]3CCOCC3)c(O)n2n1. The number of benzene rings is 1. The van der Waals surface area contributed by atoms with Gasteiger partial charge in [-0.3, -0.25) is 0 Å². The van der Waals surface area contributed by atoms with E-state index in [9.17, 15) is 9.50 Å². The standard InChI is InChI=1S/C17H19FN4O2S/c1-2-13-19-17-22(20-13)16(23)15(25-17)14(21-7-9-24-10-8-21)11-3-5-12(18)6-4-11/h3-6,14,23H,2,7-10H2,1H3/p+1/t14-/m1/s1. The molecule has 0 bridgehead atoms. The third kappa shape index (κ3) is 3.01. The van der Waals surface area contributed by atoms with E-state index in [1.54, 1.807) is 12.1 Å². The molecule has 0 spiro atoms. The molecular formula is C17H20FN4O2S+. The summed E-state index contributed by atoms with van der Waals surface area (Å²) in [4.78, 5) is 7.24. The fourth-order valence-corrected chi connectivity index (χ4v) is 4.44. The molecule has 3 heterocycles. The Morgan fingerprint density at radius 1 is 1.32 bits per heavy atom. The quantitative estimate of drug-likeness (QED) is 0.731. The van der Waals surface area contributed by atoms with E-state index in [4.69, 9.17) is 4.74 Å². The Bertz CT molecular complexity index is 871. The minimum absolute atomic E-state index is 0.0944. The number of halogens is 1. The summed E-state index contributed by atoms with van der Waals surface area (Å²) in [6.07, 6.45) is 0.722. The van der Waals surface area contributed by atoms with Gasteiger partial charge in [0.05, 0.1) is 13.2 Å². The monoisotopic (exact) mass is 363 g/mol. The molecular weight excluding hydrogens is 343 g/mol. The number of rotatable bonds is 4. The fourth-order valence-electron chi connectivity index (χ4n) is 3.28. The van der Waals surface area contributed by atoms with Gasteiger partial charge in [-0.2, -0.15) is 4.52 Å². The summed E-state index contributed by atoms with van der Waals surface area (Å²) in [5, 5.41) is 15.1. The van der Waals surface area contributed by atoms with Crippen LogP contribution in [0.15, 0.2) is 24.3 Å². The first kappa shape index (κ1) is 16.4. The van der Waals surface area contributed by atoms with E-state index < -0.39 is 0 Å². The average Bonchev–Trinajstić information content (AvgIpc) is 3.18. The molecule has 3 aromatic rings. The minimum Gasteiger partial charge on any atom is -0.492 e. The first-order valence-electron chi connectivity index (χ1n) is 8.42. The van der Waals surface area contributed by atoms with Crippen LogP contribution in [0.3, 0.4) is 0 Å². The lowest BCUT2D eigenvalue weighted by molar-refractivity contribution is -0.932. The lowest BCUT2D eigenvalue weighted by Crippen LogP contribution is -3.14. The van der Waals surface area contributed by atoms with E-state index in [0.717, 1.165) is 30.0 Å². The van der Waals surface area contributed by atoms with Crippen LogP contribution in [-0.2, 0) is 11.2 Å². The molecule has 0 aliphatic carbocycles. The molecule has 6 nitrogen and oxygen atoms in total. The predicted octanol–water partition coefficient (Wildman–Crippen LogP) is 1.20. The number of morpholine rings is 1. The summed E-state index contributed by atoms with van der Waals surface area (Å²) in [6.45, 7) is 4.99. The summed E-state index contributed by atoms with van der Waals surface area (Å²) in [5.41, 5.74) is 0.966. The van der Waals surface area contributed by atoms with Crippen molar-refractivity contribution in [3.63, 3.8) is 0 Å². The van der Waals surface area contributed by atoms with E-state index in [0.29, 0.717) is 24.0 Å². The molecule has 1 aromatic carbocycles. The fraction of sp³-hybridized carbons (Fsp3) is 0.412. The highest BCUT2D eigenvalue weighted by Crippen LogP contribution is 2.35. The number of quaternary nitrogens is 1. The summed E-state index contributed by atoms with van der Waals surface area (Å²) in [6, 6.07) is 6.41. The summed E-state index contributed by atoms with van der Waals surface area (Å²) < 4.78 is 20.4. The van der Waals surface area contributed by atoms with Gasteiger partial charge in [-0.05, 0) is 24.3 Å². The van der Waals surface area contributed by atoms with E-state index in [-0.39, 0.29) is 17.7 Å². The maximum absolute atomic E-state index is 13.4. The first-order valence-corrected chi connectivity index (χ1v) is 9.24. The number of aryl methyl sites for hydroxylation is 1. The third-order valence-electron chi connectivity index (χ3n) is 4.57. The van der Waals surface area contributed by atoms with Gasteiger partial charge in [0.15, 0.2) is 11.9 Å². The van der Waals surface area contributed by atoms with Crippen LogP contribution < -0.4 is 4.90 Å². The Morgan fingerprint density at radius 3 is 2.68 bits per heavy atom. The van der Waals surface area contributed by atoms with Crippen molar-refractivity contribution >= 4 is 16.3 Å². The number of hydrogen-bond donors (Lipinski definition) is 2. The number of nitrogens with zero attached hydrogens (tertiary/aromatic N) is 3. The topological polar surface area (TPSA) is 64.1 Å². The maximum Gasteiger partial charge on any atom is 0.235 e. The van der Waals surface area contributed by atoms with E-state index >= 15 is 0 Å². The third-order valence-corrected chi connectivity index (χ3v) is 5.65. The van der Waals surface area contributed by atoms with E-state index in [1.807, 2.05) is 6.92 Å². The Morgan fingerprint density at radius 2 is 2.04 bits per heavy atom. The molecule has 0 amide bonds. The van der Waals surface area contributed by atoms with Gasteiger partial charge in [0.25, 0.3) is 0 Å². The number of aromatic nitrogens is 3. The largest absolute Gasteiger partial charge is 0.492 e. The van der Waals surface area contributed by atoms with Gasteiger partial charge in [0, 0.05) is 12.0 Å². The highest BCUT2D eigenvalue weighted by atomic mass is 32.1. The van der Waals surface area contributed by atoms with Crippen LogP contribution in [0.4, 0.5) is 4.39 Å². The number of thiazole rings is 1. The van der Waals surface area contributed by atoms with Crippen molar-refractivity contribution in [1.82, 2.24) is 14.6 Å². The first-order chi connectivity index (χ1) is 12.2. The smallest absolute Gasteiger partial charge is 0.235 e. The van der Waals surface area contributed by atoms with Crippen molar-refractivity contribution in [2.75, 3.05) is 26.3 Å². The number of hydrogen-bond acceptors (Lipinski definition) is 5. The summed E-state index contributed by atoms with van der Waals surface area (Å²) in [7, 11) is 0. The van der Waals surface area contributed by atoms with Gasteiger partial charge in [-0.25, -0.2) is 9.37 Å². The van der Waals surface area contributed by atoms with Crippen LogP contribution in [0.5, 0.6) is 5.88 Å². The van der Waals surface area contributed by atoms with E-state index in [1.165, 1.54) is 32.9 Å². The molecule has 132 valence electrons. The van der Waals surface area contributed by atoms with Crippen molar-refractivity contribution in [2.24, 2.45) is 0 Å². The second kappa shape index (κ2) is 6.70. The van der Waals surface area contributed by atoms with Gasteiger partial charge in [0.2, 0.25) is 10.8 Å². The van der Waals surface area contributed by atoms with Gasteiger partial charge < -0.3 is 14.7 Å². The Kier molecular flexibility index (Phi) is 4.41. The Labute approximate surface area is 148 Å². The normalized spacial score (nSPS) is 17.2. The molecule has 0 unspecified atom stereocenters. The molecule has 1 aliphatic heterocycles. The Balaban J connectivity index is 1.80. The van der Waals surface area contributed by atoms with Crippen LogP contribution in [-0.4, -0.2) is 46.0 Å². The molecule has 0 radical (unpaired) electrons. The van der Waals surface area contributed by atoms with E-state index in [2.05, 4.69) is 10.1 Å². The van der Waals surface area contributed by atoms with Crippen molar-refractivity contribution in [1.29, 1.82) is 0 Å². The molecule has 1 saturated heterocycles. The van der Waals surface area contributed by atoms with Crippen LogP contribution >= 0.6 is 11.3 Å². The second-order valence-corrected chi connectivity index (χ2v) is 7.13. The molecule has 2 aromatic heterocycles. The number of nitrogens with one attached hydrogen (secondary N) is 1. The zero-order valence-electron chi connectivity index (χ0n) is 13.9. The van der Waals surface area contributed by atoms with Gasteiger partial charge in [-0.1, -0.05) is 18.3 Å². The van der Waals surface area contributed by atoms with Crippen molar-refractivity contribution in [3.8, 4) is 5.88 Å². The highest BCUT2D eigenvalue weighted by Gasteiger charge is 2.33. The average molecular weight is 363 g/mol.